The van der Waals surface area contributed by atoms with Gasteiger partial charge in [0, 0.05) is 30.6 Å². The van der Waals surface area contributed by atoms with E-state index in [0.717, 1.165) is 22.8 Å². The molecule has 4 rings (SSSR count). The van der Waals surface area contributed by atoms with Crippen molar-refractivity contribution in [2.24, 2.45) is 5.92 Å². The van der Waals surface area contributed by atoms with Gasteiger partial charge in [0.1, 0.15) is 11.5 Å². The van der Waals surface area contributed by atoms with E-state index in [2.05, 4.69) is 10.1 Å². The van der Waals surface area contributed by atoms with Gasteiger partial charge in [-0.3, -0.25) is 9.59 Å². The molecule has 1 N–H and O–H groups in total. The van der Waals surface area contributed by atoms with E-state index in [4.69, 9.17) is 4.74 Å². The van der Waals surface area contributed by atoms with E-state index in [1.54, 1.807) is 36.3 Å². The molecule has 1 atom stereocenters. The highest BCUT2D eigenvalue weighted by atomic mass is 19.3. The van der Waals surface area contributed by atoms with E-state index in [1.165, 1.54) is 12.1 Å². The summed E-state index contributed by atoms with van der Waals surface area (Å²) in [7, 11) is 1.60. The van der Waals surface area contributed by atoms with Crippen molar-refractivity contribution in [1.82, 2.24) is 10.2 Å². The molecule has 1 aliphatic rings. The molecule has 2 amide bonds. The van der Waals surface area contributed by atoms with Gasteiger partial charge in [-0.05, 0) is 48.1 Å². The van der Waals surface area contributed by atoms with Gasteiger partial charge in [0.25, 0.3) is 5.91 Å². The molecular weight excluding hydrogens is 442 g/mol. The number of rotatable bonds is 7. The molecular formula is C26H26F2N2O4. The minimum Gasteiger partial charge on any atom is -0.496 e. The summed E-state index contributed by atoms with van der Waals surface area (Å²) in [6.45, 7) is -1.68. The van der Waals surface area contributed by atoms with Crippen LogP contribution >= 0.6 is 0 Å². The first-order valence-electron chi connectivity index (χ1n) is 11.1. The van der Waals surface area contributed by atoms with Crippen LogP contribution in [-0.2, 0) is 11.3 Å². The van der Waals surface area contributed by atoms with Crippen LogP contribution in [0.3, 0.4) is 0 Å². The van der Waals surface area contributed by atoms with E-state index >= 15 is 0 Å². The summed E-state index contributed by atoms with van der Waals surface area (Å²) in [6, 6.07) is 17.3. The highest BCUT2D eigenvalue weighted by molar-refractivity contribution is 6.08. The molecule has 0 bridgehead atoms. The van der Waals surface area contributed by atoms with Crippen molar-refractivity contribution in [1.29, 1.82) is 0 Å². The quantitative estimate of drug-likeness (QED) is 0.550. The summed E-state index contributed by atoms with van der Waals surface area (Å²) in [4.78, 5) is 27.9. The van der Waals surface area contributed by atoms with Gasteiger partial charge in [-0.15, -0.1) is 0 Å². The lowest BCUT2D eigenvalue weighted by molar-refractivity contribution is -0.126. The number of halogens is 2. The molecule has 6 nitrogen and oxygen atoms in total. The highest BCUT2D eigenvalue weighted by Gasteiger charge is 2.29. The maximum Gasteiger partial charge on any atom is 0.387 e. The number of carbonyl (C=O) groups excluding carboxylic acids is 2. The van der Waals surface area contributed by atoms with Crippen molar-refractivity contribution in [3.8, 4) is 11.5 Å². The Balaban J connectivity index is 1.40. The Morgan fingerprint density at radius 2 is 1.79 bits per heavy atom. The zero-order valence-corrected chi connectivity index (χ0v) is 18.8. The van der Waals surface area contributed by atoms with Crippen molar-refractivity contribution < 1.29 is 27.8 Å². The number of fused-ring (bicyclic) bond motifs is 1. The number of hydrogen-bond acceptors (Lipinski definition) is 4. The summed E-state index contributed by atoms with van der Waals surface area (Å²) >= 11 is 0. The maximum absolute atomic E-state index is 13.4. The molecule has 34 heavy (non-hydrogen) atoms. The van der Waals surface area contributed by atoms with Crippen LogP contribution in [0.5, 0.6) is 11.5 Å². The van der Waals surface area contributed by atoms with Crippen molar-refractivity contribution in [3.05, 3.63) is 71.8 Å². The number of nitrogens with one attached hydrogen (secondary N) is 1. The predicted molar refractivity (Wildman–Crippen MR) is 124 cm³/mol. The Hall–Kier alpha value is -3.68. The normalized spacial score (nSPS) is 15.9. The Labute approximate surface area is 196 Å². The highest BCUT2D eigenvalue weighted by Crippen LogP contribution is 2.30. The van der Waals surface area contributed by atoms with Gasteiger partial charge in [0.2, 0.25) is 5.91 Å². The number of nitrogens with zero attached hydrogens (tertiary/aromatic N) is 1. The van der Waals surface area contributed by atoms with Crippen molar-refractivity contribution >= 4 is 22.6 Å². The van der Waals surface area contributed by atoms with Crippen LogP contribution in [-0.4, -0.2) is 43.5 Å². The molecule has 0 unspecified atom stereocenters. The summed E-state index contributed by atoms with van der Waals surface area (Å²) in [5, 5.41) is 4.58. The fourth-order valence-corrected chi connectivity index (χ4v) is 4.30. The van der Waals surface area contributed by atoms with Crippen LogP contribution in [0, 0.1) is 5.92 Å². The second-order valence-electron chi connectivity index (χ2n) is 8.19. The number of piperidine rings is 1. The van der Waals surface area contributed by atoms with Crippen molar-refractivity contribution in [3.63, 3.8) is 0 Å². The van der Waals surface area contributed by atoms with Gasteiger partial charge in [-0.2, -0.15) is 8.78 Å². The number of amides is 2. The number of methoxy groups -OCH3 is 1. The number of benzene rings is 3. The van der Waals surface area contributed by atoms with Crippen molar-refractivity contribution in [2.75, 3.05) is 20.2 Å². The third-order valence-corrected chi connectivity index (χ3v) is 6.03. The fraction of sp³-hybridized carbons (Fsp3) is 0.308. The van der Waals surface area contributed by atoms with Crippen LogP contribution in [0.1, 0.15) is 28.8 Å². The fourth-order valence-electron chi connectivity index (χ4n) is 4.30. The lowest BCUT2D eigenvalue weighted by atomic mass is 9.95. The first kappa shape index (κ1) is 23.5. The van der Waals surface area contributed by atoms with Gasteiger partial charge in [0.15, 0.2) is 0 Å². The number of ether oxygens (including phenoxy) is 2. The molecule has 3 aromatic rings. The Kier molecular flexibility index (Phi) is 7.25. The average Bonchev–Trinajstić information content (AvgIpc) is 2.86. The Morgan fingerprint density at radius 1 is 1.06 bits per heavy atom. The van der Waals surface area contributed by atoms with Crippen molar-refractivity contribution in [2.45, 2.75) is 26.0 Å². The van der Waals surface area contributed by atoms with Crippen LogP contribution in [0.2, 0.25) is 0 Å². The van der Waals surface area contributed by atoms with E-state index in [-0.39, 0.29) is 30.0 Å². The van der Waals surface area contributed by atoms with E-state index in [9.17, 15) is 18.4 Å². The third-order valence-electron chi connectivity index (χ3n) is 6.03. The van der Waals surface area contributed by atoms with Gasteiger partial charge in [-0.1, -0.05) is 36.4 Å². The molecule has 178 valence electrons. The molecule has 1 saturated heterocycles. The van der Waals surface area contributed by atoms with Crippen LogP contribution in [0.25, 0.3) is 10.8 Å². The van der Waals surface area contributed by atoms with Crippen LogP contribution in [0.15, 0.2) is 60.7 Å². The SMILES string of the molecule is COc1ccc(C(=O)N2CCC[C@H](C(=O)NCc3ccc(OC(F)F)cc3)C2)c2ccccc12. The zero-order chi connectivity index (χ0) is 24.1. The minimum absolute atomic E-state index is 0.0672. The van der Waals surface area contributed by atoms with E-state index in [0.29, 0.717) is 30.8 Å². The Bertz CT molecular complexity index is 1170. The molecule has 0 aliphatic carbocycles. The van der Waals surface area contributed by atoms with Crippen LogP contribution in [0.4, 0.5) is 8.78 Å². The smallest absolute Gasteiger partial charge is 0.387 e. The lowest BCUT2D eigenvalue weighted by Gasteiger charge is -2.32. The van der Waals surface area contributed by atoms with Gasteiger partial charge in [0.05, 0.1) is 13.0 Å². The standard InChI is InChI=1S/C26H26F2N2O4/c1-33-23-13-12-22(20-6-2-3-7-21(20)23)25(32)30-14-4-5-18(16-30)24(31)29-15-17-8-10-19(11-9-17)34-26(27)28/h2-3,6-13,18,26H,4-5,14-16H2,1H3,(H,29,31)/t18-/m0/s1. The summed E-state index contributed by atoms with van der Waals surface area (Å²) in [5.74, 6) is 0.217. The van der Waals surface area contributed by atoms with Crippen LogP contribution < -0.4 is 14.8 Å². The largest absolute Gasteiger partial charge is 0.496 e. The van der Waals surface area contributed by atoms with E-state index < -0.39 is 6.61 Å². The van der Waals surface area contributed by atoms with E-state index in [1.807, 2.05) is 24.3 Å². The molecule has 1 fully saturated rings. The number of alkyl halides is 2. The second-order valence-corrected chi connectivity index (χ2v) is 8.19. The summed E-state index contributed by atoms with van der Waals surface area (Å²) in [5.41, 5.74) is 1.35. The number of carbonyl (C=O) groups is 2. The Morgan fingerprint density at radius 3 is 2.50 bits per heavy atom. The topological polar surface area (TPSA) is 67.9 Å². The molecule has 3 aromatic carbocycles. The summed E-state index contributed by atoms with van der Waals surface area (Å²) in [6.07, 6.45) is 1.43. The molecule has 0 spiro atoms. The summed E-state index contributed by atoms with van der Waals surface area (Å²) < 4.78 is 34.3. The number of likely N-dealkylation sites (tertiary alicyclic amines) is 1. The monoisotopic (exact) mass is 468 g/mol. The molecule has 8 heteroatoms. The molecule has 0 radical (unpaired) electrons. The van der Waals surface area contributed by atoms with Gasteiger partial charge < -0.3 is 19.7 Å². The maximum atomic E-state index is 13.4. The molecule has 0 saturated carbocycles. The lowest BCUT2D eigenvalue weighted by Crippen LogP contribution is -2.45. The third kappa shape index (κ3) is 5.27. The molecule has 0 aromatic heterocycles. The average molecular weight is 469 g/mol. The first-order chi connectivity index (χ1) is 16.5. The first-order valence-corrected chi connectivity index (χ1v) is 11.1. The van der Waals surface area contributed by atoms with Gasteiger partial charge >= 0.3 is 6.61 Å². The predicted octanol–water partition coefficient (Wildman–Crippen LogP) is 4.62. The molecule has 1 heterocycles. The van der Waals surface area contributed by atoms with Gasteiger partial charge in [-0.25, -0.2) is 0 Å². The zero-order valence-electron chi connectivity index (χ0n) is 18.8. The number of hydrogen-bond donors (Lipinski definition) is 1. The molecule has 1 aliphatic heterocycles. The second kappa shape index (κ2) is 10.5. The minimum atomic E-state index is -2.88.